The molecule has 3 aromatic rings. The van der Waals surface area contributed by atoms with E-state index in [0.717, 1.165) is 60.4 Å². The van der Waals surface area contributed by atoms with Gasteiger partial charge in [0.1, 0.15) is 0 Å². The van der Waals surface area contributed by atoms with Crippen LogP contribution in [-0.2, 0) is 0 Å². The number of methoxy groups -OCH3 is 1. The maximum atomic E-state index is 10.1. The molecule has 0 aliphatic carbocycles. The van der Waals surface area contributed by atoms with Gasteiger partial charge in [0, 0.05) is 56.9 Å². The molecule has 2 aromatic carbocycles. The van der Waals surface area contributed by atoms with E-state index in [0.29, 0.717) is 5.75 Å². The van der Waals surface area contributed by atoms with E-state index >= 15 is 0 Å². The fourth-order valence-corrected chi connectivity index (χ4v) is 5.11. The molecule has 5 rings (SSSR count). The van der Waals surface area contributed by atoms with E-state index < -0.39 is 0 Å². The van der Waals surface area contributed by atoms with Crippen LogP contribution in [0.15, 0.2) is 36.5 Å². The number of anilines is 1. The maximum absolute atomic E-state index is 10.1. The Bertz CT molecular complexity index is 1120. The van der Waals surface area contributed by atoms with Crippen LogP contribution in [0, 0.1) is 6.07 Å². The normalized spacial score (nSPS) is 17.7. The van der Waals surface area contributed by atoms with Crippen molar-refractivity contribution in [2.45, 2.75) is 12.8 Å². The van der Waals surface area contributed by atoms with E-state index in [1.807, 2.05) is 12.1 Å². The summed E-state index contributed by atoms with van der Waals surface area (Å²) in [6.45, 7) is 8.97. The van der Waals surface area contributed by atoms with E-state index in [1.165, 1.54) is 39.6 Å². The van der Waals surface area contributed by atoms with E-state index in [2.05, 4.69) is 31.8 Å². The van der Waals surface area contributed by atoms with Crippen molar-refractivity contribution in [2.75, 3.05) is 64.4 Å². The van der Waals surface area contributed by atoms with Gasteiger partial charge in [0.25, 0.3) is 0 Å². The summed E-state index contributed by atoms with van der Waals surface area (Å²) in [6, 6.07) is 13.2. The Balaban J connectivity index is 1.36. The van der Waals surface area contributed by atoms with Gasteiger partial charge in [-0.2, -0.15) is 0 Å². The lowest BCUT2D eigenvalue weighted by Gasteiger charge is -2.37. The summed E-state index contributed by atoms with van der Waals surface area (Å²) in [7, 11) is 1.53. The average Bonchev–Trinajstić information content (AvgIpc) is 3.38. The monoisotopic (exact) mass is 465 g/mol. The van der Waals surface area contributed by atoms with Crippen molar-refractivity contribution in [3.63, 3.8) is 0 Å². The number of phenols is 1. The average molecular weight is 466 g/mol. The van der Waals surface area contributed by atoms with Gasteiger partial charge in [0.05, 0.1) is 23.3 Å². The van der Waals surface area contributed by atoms with Crippen LogP contribution < -0.4 is 9.64 Å². The number of hydrogen-bond acceptors (Lipinski definition) is 6. The lowest BCUT2D eigenvalue weighted by Crippen LogP contribution is -2.48. The molecule has 6 nitrogen and oxygen atoms in total. The number of aromatic nitrogens is 1. The third-order valence-corrected chi connectivity index (χ3v) is 7.15. The molecular formula is C26H30ClN4O2. The minimum absolute atomic E-state index is 0.0398. The highest BCUT2D eigenvalue weighted by Crippen LogP contribution is 2.39. The molecule has 2 aliphatic rings. The molecular weight excluding hydrogens is 436 g/mol. The number of ether oxygens (including phenoxy) is 1. The number of pyridine rings is 1. The number of nitrogens with zero attached hydrogens (tertiary/aromatic N) is 4. The zero-order valence-corrected chi connectivity index (χ0v) is 19.8. The van der Waals surface area contributed by atoms with E-state index in [4.69, 9.17) is 16.3 Å². The number of hydrogen-bond donors (Lipinski definition) is 1. The molecule has 0 amide bonds. The van der Waals surface area contributed by atoms with Gasteiger partial charge in [-0.3, -0.25) is 9.88 Å². The predicted octanol–water partition coefficient (Wildman–Crippen LogP) is 4.29. The summed E-state index contributed by atoms with van der Waals surface area (Å²) >= 11 is 6.24. The minimum Gasteiger partial charge on any atom is -0.503 e. The molecule has 0 unspecified atom stereocenters. The Kier molecular flexibility index (Phi) is 6.58. The van der Waals surface area contributed by atoms with Gasteiger partial charge in [0.2, 0.25) is 0 Å². The maximum Gasteiger partial charge on any atom is 0.176 e. The smallest absolute Gasteiger partial charge is 0.176 e. The number of fused-ring (bicyclic) bond motifs is 1. The molecule has 1 radical (unpaired) electrons. The number of rotatable bonds is 6. The van der Waals surface area contributed by atoms with Gasteiger partial charge in [-0.1, -0.05) is 17.7 Å². The van der Waals surface area contributed by atoms with E-state index in [-0.39, 0.29) is 10.8 Å². The summed E-state index contributed by atoms with van der Waals surface area (Å²) in [5, 5.41) is 11.4. The molecule has 0 saturated carbocycles. The zero-order valence-electron chi connectivity index (χ0n) is 19.1. The number of likely N-dealkylation sites (tertiary alicyclic amines) is 1. The first kappa shape index (κ1) is 22.3. The van der Waals surface area contributed by atoms with Gasteiger partial charge in [-0.25, -0.2) is 0 Å². The van der Waals surface area contributed by atoms with Gasteiger partial charge in [-0.15, -0.1) is 0 Å². The van der Waals surface area contributed by atoms with Crippen LogP contribution in [0.25, 0.3) is 22.0 Å². The minimum atomic E-state index is -0.0398. The third kappa shape index (κ3) is 4.74. The first-order chi connectivity index (χ1) is 16.1. The van der Waals surface area contributed by atoms with Crippen molar-refractivity contribution < 1.29 is 9.84 Å². The van der Waals surface area contributed by atoms with Crippen LogP contribution in [-0.4, -0.2) is 79.4 Å². The van der Waals surface area contributed by atoms with Crippen molar-refractivity contribution >= 4 is 28.2 Å². The molecule has 0 atom stereocenters. The van der Waals surface area contributed by atoms with Crippen molar-refractivity contribution in [3.8, 4) is 22.6 Å². The number of benzene rings is 2. The Labute approximate surface area is 200 Å². The van der Waals surface area contributed by atoms with E-state index in [1.54, 1.807) is 18.3 Å². The van der Waals surface area contributed by atoms with Crippen LogP contribution >= 0.6 is 11.6 Å². The second kappa shape index (κ2) is 9.75. The standard InChI is InChI=1S/C26H30ClN4O2/c1-33-25-18-20(17-22(27)26(25)32)19-4-5-23-21(16-19)24(6-7-28-23)31-14-12-30(13-15-31)11-10-29-8-2-3-9-29/h4-5,7,16-18,32H,2-3,8-15H2,1H3. The summed E-state index contributed by atoms with van der Waals surface area (Å²) in [5.41, 5.74) is 3.92. The van der Waals surface area contributed by atoms with Crippen LogP contribution in [0.3, 0.4) is 0 Å². The molecule has 1 aromatic heterocycles. The first-order valence-corrected chi connectivity index (χ1v) is 12.1. The van der Waals surface area contributed by atoms with Crippen LogP contribution in [0.5, 0.6) is 11.5 Å². The Morgan fingerprint density at radius 2 is 1.70 bits per heavy atom. The predicted molar refractivity (Wildman–Crippen MR) is 134 cm³/mol. The number of piperazine rings is 1. The summed E-state index contributed by atoms with van der Waals surface area (Å²) in [5.74, 6) is 0.322. The van der Waals surface area contributed by atoms with E-state index in [9.17, 15) is 5.11 Å². The molecule has 33 heavy (non-hydrogen) atoms. The number of halogens is 1. The van der Waals surface area contributed by atoms with Crippen molar-refractivity contribution in [3.05, 3.63) is 47.6 Å². The summed E-state index contributed by atoms with van der Waals surface area (Å²) in [6.07, 6.45) is 4.48. The Hall–Kier alpha value is -2.54. The number of aromatic hydroxyl groups is 1. The Morgan fingerprint density at radius 1 is 0.970 bits per heavy atom. The highest BCUT2D eigenvalue weighted by molar-refractivity contribution is 6.32. The summed E-state index contributed by atoms with van der Waals surface area (Å²) in [4.78, 5) is 12.1. The third-order valence-electron chi connectivity index (χ3n) is 6.86. The molecule has 173 valence electrons. The number of phenolic OH excluding ortho intramolecular Hbond substituents is 1. The summed E-state index contributed by atoms with van der Waals surface area (Å²) < 4.78 is 5.29. The lowest BCUT2D eigenvalue weighted by atomic mass is 10.0. The Morgan fingerprint density at radius 3 is 2.42 bits per heavy atom. The first-order valence-electron chi connectivity index (χ1n) is 11.7. The molecule has 2 saturated heterocycles. The quantitative estimate of drug-likeness (QED) is 0.586. The lowest BCUT2D eigenvalue weighted by molar-refractivity contribution is 0.215. The fourth-order valence-electron chi connectivity index (χ4n) is 4.90. The van der Waals surface area contributed by atoms with Gasteiger partial charge in [-0.05, 0) is 61.3 Å². The molecule has 0 spiro atoms. The second-order valence-corrected chi connectivity index (χ2v) is 9.28. The molecule has 3 heterocycles. The van der Waals surface area contributed by atoms with Crippen molar-refractivity contribution in [1.82, 2.24) is 14.8 Å². The molecule has 2 aliphatic heterocycles. The highest BCUT2D eigenvalue weighted by Gasteiger charge is 2.21. The van der Waals surface area contributed by atoms with Crippen LogP contribution in [0.2, 0.25) is 5.02 Å². The highest BCUT2D eigenvalue weighted by atomic mass is 35.5. The van der Waals surface area contributed by atoms with Crippen LogP contribution in [0.1, 0.15) is 12.8 Å². The SMILES string of the molecule is COc1cc(-c2ccc3nc[c]c(N4CCN(CCN5CCCC5)CC4)c3c2)cc(Cl)c1O. The van der Waals surface area contributed by atoms with Crippen molar-refractivity contribution in [1.29, 1.82) is 0 Å². The zero-order chi connectivity index (χ0) is 22.8. The fraction of sp³-hybridized carbons (Fsp3) is 0.423. The van der Waals surface area contributed by atoms with Crippen LogP contribution in [0.4, 0.5) is 5.69 Å². The van der Waals surface area contributed by atoms with Gasteiger partial charge >= 0.3 is 0 Å². The molecule has 2 fully saturated rings. The molecule has 0 bridgehead atoms. The molecule has 7 heteroatoms. The molecule has 1 N–H and O–H groups in total. The topological polar surface area (TPSA) is 52.1 Å². The second-order valence-electron chi connectivity index (χ2n) is 8.87. The van der Waals surface area contributed by atoms with Crippen molar-refractivity contribution in [2.24, 2.45) is 0 Å². The largest absolute Gasteiger partial charge is 0.503 e. The van der Waals surface area contributed by atoms with Gasteiger partial charge < -0.3 is 19.6 Å². The van der Waals surface area contributed by atoms with Gasteiger partial charge in [0.15, 0.2) is 11.5 Å².